The smallest absolute Gasteiger partial charge is 0.259 e. The second-order valence-electron chi connectivity index (χ2n) is 7.68. The van der Waals surface area contributed by atoms with E-state index in [0.717, 1.165) is 30.0 Å². The molecule has 0 aromatic heterocycles. The van der Waals surface area contributed by atoms with Crippen LogP contribution in [0.1, 0.15) is 29.6 Å². The summed E-state index contributed by atoms with van der Waals surface area (Å²) in [5.41, 5.74) is 0.726. The maximum Gasteiger partial charge on any atom is 0.259 e. The van der Waals surface area contributed by atoms with E-state index < -0.39 is 10.0 Å². The monoisotopic (exact) mass is 454 g/mol. The van der Waals surface area contributed by atoms with Gasteiger partial charge in [-0.25, -0.2) is 8.42 Å². The van der Waals surface area contributed by atoms with E-state index in [1.54, 1.807) is 18.2 Å². The van der Waals surface area contributed by atoms with Gasteiger partial charge in [0, 0.05) is 18.8 Å². The lowest BCUT2D eigenvalue weighted by molar-refractivity contribution is 0.102. The fraction of sp³-hybridized carbons (Fsp3) is 0.292. The van der Waals surface area contributed by atoms with Crippen molar-refractivity contribution in [2.75, 3.05) is 32.6 Å². The minimum absolute atomic E-state index is 0.0465. The van der Waals surface area contributed by atoms with Gasteiger partial charge in [0.15, 0.2) is 0 Å². The van der Waals surface area contributed by atoms with Crippen molar-refractivity contribution in [2.45, 2.75) is 24.2 Å². The highest BCUT2D eigenvalue weighted by Gasteiger charge is 2.29. The largest absolute Gasteiger partial charge is 0.496 e. The summed E-state index contributed by atoms with van der Waals surface area (Å²) in [6.07, 6.45) is 2.69. The number of carbonyl (C=O) groups is 1. The summed E-state index contributed by atoms with van der Waals surface area (Å²) in [7, 11) is -0.792. The van der Waals surface area contributed by atoms with Crippen LogP contribution in [0.5, 0.6) is 11.5 Å². The minimum atomic E-state index is -3.74. The number of nitrogens with one attached hydrogen (secondary N) is 1. The number of amides is 1. The Hall–Kier alpha value is -3.10. The number of methoxy groups -OCH3 is 2. The molecule has 1 saturated heterocycles. The van der Waals surface area contributed by atoms with Gasteiger partial charge in [0.05, 0.1) is 19.8 Å². The lowest BCUT2D eigenvalue weighted by atomic mass is 10.1. The summed E-state index contributed by atoms with van der Waals surface area (Å²) in [5, 5.41) is 4.67. The molecule has 0 bridgehead atoms. The fourth-order valence-electron chi connectivity index (χ4n) is 3.96. The lowest BCUT2D eigenvalue weighted by Gasteiger charge is -2.26. The predicted octanol–water partition coefficient (Wildman–Crippen LogP) is 4.28. The first-order chi connectivity index (χ1) is 15.4. The van der Waals surface area contributed by atoms with E-state index in [4.69, 9.17) is 9.47 Å². The van der Waals surface area contributed by atoms with Crippen molar-refractivity contribution in [3.05, 3.63) is 60.2 Å². The number of benzene rings is 3. The Bertz CT molecular complexity index is 1250. The molecular weight excluding hydrogens is 428 g/mol. The Labute approximate surface area is 188 Å². The second kappa shape index (κ2) is 9.18. The zero-order chi connectivity index (χ0) is 22.7. The number of hydrogen-bond acceptors (Lipinski definition) is 5. The summed E-state index contributed by atoms with van der Waals surface area (Å²) in [6.45, 7) is 0.965. The van der Waals surface area contributed by atoms with Crippen LogP contribution in [0, 0.1) is 0 Å². The number of rotatable bonds is 6. The first kappa shape index (κ1) is 22.1. The third kappa shape index (κ3) is 4.28. The standard InChI is InChI=1S/C24H26N2O5S/c1-30-21-11-10-19(16-23(21)32(28,29)26-12-6-3-7-13-26)25-24(27)20-14-17-8-4-5-9-18(17)15-22(20)31-2/h4-5,8-11,14-16H,3,6-7,12-13H2,1-2H3,(H,25,27). The highest BCUT2D eigenvalue weighted by molar-refractivity contribution is 7.89. The zero-order valence-corrected chi connectivity index (χ0v) is 18.9. The summed E-state index contributed by atoms with van der Waals surface area (Å²) < 4.78 is 38.7. The number of ether oxygens (including phenoxy) is 2. The fourth-order valence-corrected chi connectivity index (χ4v) is 5.66. The van der Waals surface area contributed by atoms with E-state index in [9.17, 15) is 13.2 Å². The number of piperidine rings is 1. The molecule has 0 spiro atoms. The molecule has 1 fully saturated rings. The van der Waals surface area contributed by atoms with Gasteiger partial charge in [-0.05, 0) is 53.9 Å². The Morgan fingerprint density at radius 2 is 1.53 bits per heavy atom. The molecule has 32 heavy (non-hydrogen) atoms. The van der Waals surface area contributed by atoms with Crippen LogP contribution in [0.15, 0.2) is 59.5 Å². The maximum absolute atomic E-state index is 13.2. The predicted molar refractivity (Wildman–Crippen MR) is 124 cm³/mol. The normalized spacial score (nSPS) is 14.8. The van der Waals surface area contributed by atoms with Crippen LogP contribution in [-0.4, -0.2) is 45.9 Å². The maximum atomic E-state index is 13.2. The van der Waals surface area contributed by atoms with Gasteiger partial charge >= 0.3 is 0 Å². The van der Waals surface area contributed by atoms with Gasteiger partial charge in [-0.1, -0.05) is 30.7 Å². The molecule has 8 heteroatoms. The van der Waals surface area contributed by atoms with E-state index >= 15 is 0 Å². The van der Waals surface area contributed by atoms with Crippen molar-refractivity contribution in [3.8, 4) is 11.5 Å². The molecule has 0 aliphatic carbocycles. The summed E-state index contributed by atoms with van der Waals surface area (Å²) >= 11 is 0. The number of sulfonamides is 1. The number of fused-ring (bicyclic) bond motifs is 1. The van der Waals surface area contributed by atoms with E-state index in [0.29, 0.717) is 30.1 Å². The van der Waals surface area contributed by atoms with Gasteiger partial charge in [0.1, 0.15) is 16.4 Å². The first-order valence-electron chi connectivity index (χ1n) is 10.5. The van der Waals surface area contributed by atoms with Gasteiger partial charge in [0.25, 0.3) is 5.91 Å². The topological polar surface area (TPSA) is 84.9 Å². The molecule has 1 N–H and O–H groups in total. The second-order valence-corrected chi connectivity index (χ2v) is 9.59. The number of carbonyl (C=O) groups excluding carboxylic acids is 1. The Morgan fingerprint density at radius 1 is 0.875 bits per heavy atom. The van der Waals surface area contributed by atoms with Crippen molar-refractivity contribution < 1.29 is 22.7 Å². The SMILES string of the molecule is COc1cc2ccccc2cc1C(=O)Nc1ccc(OC)c(S(=O)(=O)N2CCCCC2)c1. The average molecular weight is 455 g/mol. The van der Waals surface area contributed by atoms with Gasteiger partial charge in [-0.15, -0.1) is 0 Å². The van der Waals surface area contributed by atoms with Crippen LogP contribution < -0.4 is 14.8 Å². The highest BCUT2D eigenvalue weighted by atomic mass is 32.2. The van der Waals surface area contributed by atoms with Gasteiger partial charge in [0.2, 0.25) is 10.0 Å². The Balaban J connectivity index is 1.67. The van der Waals surface area contributed by atoms with Crippen molar-refractivity contribution in [2.24, 2.45) is 0 Å². The molecule has 1 aliphatic heterocycles. The molecule has 7 nitrogen and oxygen atoms in total. The van der Waals surface area contributed by atoms with Crippen molar-refractivity contribution in [1.29, 1.82) is 0 Å². The van der Waals surface area contributed by atoms with E-state index in [2.05, 4.69) is 5.32 Å². The third-order valence-corrected chi connectivity index (χ3v) is 7.59. The minimum Gasteiger partial charge on any atom is -0.496 e. The summed E-state index contributed by atoms with van der Waals surface area (Å²) in [4.78, 5) is 13.1. The van der Waals surface area contributed by atoms with Gasteiger partial charge in [-0.3, -0.25) is 4.79 Å². The molecule has 3 aromatic carbocycles. The van der Waals surface area contributed by atoms with Crippen molar-refractivity contribution in [3.63, 3.8) is 0 Å². The molecular formula is C24H26N2O5S. The molecule has 0 saturated carbocycles. The molecule has 4 rings (SSSR count). The lowest BCUT2D eigenvalue weighted by Crippen LogP contribution is -2.35. The summed E-state index contributed by atoms with van der Waals surface area (Å²) in [6, 6.07) is 15.9. The van der Waals surface area contributed by atoms with Crippen LogP contribution in [0.2, 0.25) is 0 Å². The third-order valence-electron chi connectivity index (χ3n) is 5.67. The molecule has 1 aliphatic rings. The quantitative estimate of drug-likeness (QED) is 0.601. The molecule has 1 heterocycles. The van der Waals surface area contributed by atoms with Gasteiger partial charge in [-0.2, -0.15) is 4.31 Å². The Morgan fingerprint density at radius 3 is 2.19 bits per heavy atom. The highest BCUT2D eigenvalue weighted by Crippen LogP contribution is 2.32. The number of hydrogen-bond donors (Lipinski definition) is 1. The molecule has 0 radical (unpaired) electrons. The molecule has 1 amide bonds. The zero-order valence-electron chi connectivity index (χ0n) is 18.1. The van der Waals surface area contributed by atoms with E-state index in [1.807, 2.05) is 30.3 Å². The number of anilines is 1. The van der Waals surface area contributed by atoms with Gasteiger partial charge < -0.3 is 14.8 Å². The number of nitrogens with zero attached hydrogens (tertiary/aromatic N) is 1. The molecule has 3 aromatic rings. The molecule has 0 unspecified atom stereocenters. The average Bonchev–Trinajstić information content (AvgIpc) is 2.83. The summed E-state index contributed by atoms with van der Waals surface area (Å²) in [5.74, 6) is 0.298. The van der Waals surface area contributed by atoms with Crippen LogP contribution >= 0.6 is 0 Å². The van der Waals surface area contributed by atoms with Crippen LogP contribution in [-0.2, 0) is 10.0 Å². The van der Waals surface area contributed by atoms with Crippen molar-refractivity contribution >= 4 is 32.4 Å². The van der Waals surface area contributed by atoms with E-state index in [1.165, 1.54) is 24.6 Å². The van der Waals surface area contributed by atoms with Crippen LogP contribution in [0.25, 0.3) is 10.8 Å². The molecule has 168 valence electrons. The van der Waals surface area contributed by atoms with E-state index in [-0.39, 0.29) is 16.6 Å². The van der Waals surface area contributed by atoms with Crippen LogP contribution in [0.4, 0.5) is 5.69 Å². The van der Waals surface area contributed by atoms with Crippen molar-refractivity contribution in [1.82, 2.24) is 4.31 Å². The van der Waals surface area contributed by atoms with Crippen LogP contribution in [0.3, 0.4) is 0 Å². The first-order valence-corrected chi connectivity index (χ1v) is 11.9. The molecule has 0 atom stereocenters. The Kier molecular flexibility index (Phi) is 6.34.